The predicted octanol–water partition coefficient (Wildman–Crippen LogP) is 2.87. The van der Waals surface area contributed by atoms with Crippen LogP contribution < -0.4 is 10.9 Å². The van der Waals surface area contributed by atoms with Gasteiger partial charge in [-0.05, 0) is 40.8 Å². The monoisotopic (exact) mass is 319 g/mol. The third-order valence-electron chi connectivity index (χ3n) is 2.36. The molecule has 0 amide bonds. The first-order chi connectivity index (χ1) is 8.25. The first-order valence-corrected chi connectivity index (χ1v) is 7.90. The summed E-state index contributed by atoms with van der Waals surface area (Å²) < 4.78 is 0.474. The molecule has 0 aliphatic heterocycles. The summed E-state index contributed by atoms with van der Waals surface area (Å²) >= 11 is 5.11. The zero-order valence-electron chi connectivity index (χ0n) is 9.96. The molecule has 0 spiro atoms. The lowest BCUT2D eigenvalue weighted by molar-refractivity contribution is 0.688. The van der Waals surface area contributed by atoms with Crippen molar-refractivity contribution in [1.82, 2.24) is 9.97 Å². The predicted molar refractivity (Wildman–Crippen MR) is 77.9 cm³/mol. The minimum atomic E-state index is -0.150. The molecule has 0 aromatic carbocycles. The fraction of sp³-hybridized carbons (Fsp3) is 0.636. The van der Waals surface area contributed by atoms with E-state index in [4.69, 9.17) is 0 Å². The molecule has 0 bridgehead atoms. The van der Waals surface area contributed by atoms with Gasteiger partial charge in [0.2, 0.25) is 0 Å². The number of H-pyrrole nitrogens is 1. The Kier molecular flexibility index (Phi) is 7.35. The maximum absolute atomic E-state index is 11.3. The molecule has 1 aromatic rings. The molecule has 0 saturated heterocycles. The number of hydrogen-bond donors (Lipinski definition) is 2. The van der Waals surface area contributed by atoms with Gasteiger partial charge in [-0.25, -0.2) is 4.98 Å². The van der Waals surface area contributed by atoms with Crippen molar-refractivity contribution in [2.24, 2.45) is 0 Å². The molecule has 0 unspecified atom stereocenters. The van der Waals surface area contributed by atoms with Crippen LogP contribution in [-0.4, -0.2) is 28.5 Å². The molecule has 17 heavy (non-hydrogen) atoms. The second-order valence-electron chi connectivity index (χ2n) is 3.73. The van der Waals surface area contributed by atoms with Crippen LogP contribution >= 0.6 is 27.7 Å². The molecule has 6 heteroatoms. The van der Waals surface area contributed by atoms with Crippen molar-refractivity contribution in [1.29, 1.82) is 0 Å². The number of nitrogens with zero attached hydrogens (tertiary/aromatic N) is 1. The van der Waals surface area contributed by atoms with Crippen LogP contribution in [0.3, 0.4) is 0 Å². The number of halogens is 1. The lowest BCUT2D eigenvalue weighted by Gasteiger charge is -2.06. The van der Waals surface area contributed by atoms with Gasteiger partial charge in [-0.3, -0.25) is 4.79 Å². The molecule has 1 heterocycles. The number of anilines is 1. The SMILES string of the molecule is CSCCCCCCNc1nc[nH]c(=O)c1Br. The van der Waals surface area contributed by atoms with Gasteiger partial charge in [0.1, 0.15) is 10.3 Å². The highest BCUT2D eigenvalue weighted by molar-refractivity contribution is 9.10. The summed E-state index contributed by atoms with van der Waals surface area (Å²) in [7, 11) is 0. The summed E-state index contributed by atoms with van der Waals surface area (Å²) in [5, 5.41) is 3.16. The van der Waals surface area contributed by atoms with Gasteiger partial charge < -0.3 is 10.3 Å². The normalized spacial score (nSPS) is 10.5. The van der Waals surface area contributed by atoms with Crippen LogP contribution in [0.5, 0.6) is 0 Å². The molecule has 0 aliphatic carbocycles. The number of hydrogen-bond acceptors (Lipinski definition) is 4. The van der Waals surface area contributed by atoms with Gasteiger partial charge in [-0.1, -0.05) is 12.8 Å². The van der Waals surface area contributed by atoms with E-state index in [0.29, 0.717) is 10.3 Å². The van der Waals surface area contributed by atoms with Gasteiger partial charge in [-0.15, -0.1) is 0 Å². The number of aromatic nitrogens is 2. The minimum absolute atomic E-state index is 0.150. The lowest BCUT2D eigenvalue weighted by Crippen LogP contribution is -2.12. The van der Waals surface area contributed by atoms with Crippen LogP contribution in [0.25, 0.3) is 0 Å². The Labute approximate surface area is 114 Å². The van der Waals surface area contributed by atoms with Gasteiger partial charge >= 0.3 is 0 Å². The second kappa shape index (κ2) is 8.58. The fourth-order valence-corrected chi connectivity index (χ4v) is 2.29. The largest absolute Gasteiger partial charge is 0.369 e. The standard InChI is InChI=1S/C11H18BrN3OS/c1-17-7-5-3-2-4-6-13-10-9(12)11(16)15-8-14-10/h8H,2-7H2,1H3,(H2,13,14,15,16). The number of thioether (sulfide) groups is 1. The van der Waals surface area contributed by atoms with E-state index in [9.17, 15) is 4.79 Å². The molecule has 2 N–H and O–H groups in total. The van der Waals surface area contributed by atoms with Crippen molar-refractivity contribution in [3.63, 3.8) is 0 Å². The fourth-order valence-electron chi connectivity index (χ4n) is 1.44. The van der Waals surface area contributed by atoms with Crippen LogP contribution in [0.15, 0.2) is 15.6 Å². The van der Waals surface area contributed by atoms with E-state index in [-0.39, 0.29) is 5.56 Å². The first kappa shape index (κ1) is 14.6. The summed E-state index contributed by atoms with van der Waals surface area (Å²) in [4.78, 5) is 17.8. The number of unbranched alkanes of at least 4 members (excludes halogenated alkanes) is 3. The summed E-state index contributed by atoms with van der Waals surface area (Å²) in [5.41, 5.74) is -0.150. The van der Waals surface area contributed by atoms with Crippen molar-refractivity contribution in [3.05, 3.63) is 21.2 Å². The molecule has 0 atom stereocenters. The van der Waals surface area contributed by atoms with Crippen molar-refractivity contribution in [3.8, 4) is 0 Å². The maximum Gasteiger partial charge on any atom is 0.267 e. The van der Waals surface area contributed by atoms with Gasteiger partial charge in [-0.2, -0.15) is 11.8 Å². The highest BCUT2D eigenvalue weighted by Gasteiger charge is 2.03. The molecule has 0 radical (unpaired) electrons. The summed E-state index contributed by atoms with van der Waals surface area (Å²) in [6, 6.07) is 0. The van der Waals surface area contributed by atoms with Crippen LogP contribution in [0.4, 0.5) is 5.82 Å². The van der Waals surface area contributed by atoms with Crippen molar-refractivity contribution in [2.45, 2.75) is 25.7 Å². The Morgan fingerprint density at radius 3 is 2.94 bits per heavy atom. The zero-order chi connectivity index (χ0) is 12.5. The minimum Gasteiger partial charge on any atom is -0.369 e. The Hall–Kier alpha value is -0.490. The van der Waals surface area contributed by atoms with Crippen molar-refractivity contribution < 1.29 is 0 Å². The summed E-state index contributed by atoms with van der Waals surface area (Å²) in [6.45, 7) is 0.855. The van der Waals surface area contributed by atoms with Gasteiger partial charge in [0.25, 0.3) is 5.56 Å². The highest BCUT2D eigenvalue weighted by atomic mass is 79.9. The average Bonchev–Trinajstić information content (AvgIpc) is 2.33. The molecular formula is C11H18BrN3OS. The maximum atomic E-state index is 11.3. The summed E-state index contributed by atoms with van der Waals surface area (Å²) in [6.07, 6.45) is 8.43. The van der Waals surface area contributed by atoms with E-state index in [1.807, 2.05) is 11.8 Å². The van der Waals surface area contributed by atoms with Gasteiger partial charge in [0.15, 0.2) is 0 Å². The van der Waals surface area contributed by atoms with Crippen molar-refractivity contribution >= 4 is 33.5 Å². The van der Waals surface area contributed by atoms with Crippen molar-refractivity contribution in [2.75, 3.05) is 23.9 Å². The van der Waals surface area contributed by atoms with Crippen LogP contribution in [0, 0.1) is 0 Å². The van der Waals surface area contributed by atoms with E-state index in [1.54, 1.807) is 0 Å². The van der Waals surface area contributed by atoms with E-state index in [1.165, 1.54) is 31.3 Å². The van der Waals surface area contributed by atoms with Gasteiger partial charge in [0.05, 0.1) is 6.33 Å². The molecule has 0 saturated carbocycles. The number of rotatable bonds is 8. The number of nitrogens with one attached hydrogen (secondary N) is 2. The quantitative estimate of drug-likeness (QED) is 0.723. The second-order valence-corrected chi connectivity index (χ2v) is 5.51. The lowest BCUT2D eigenvalue weighted by atomic mass is 10.2. The molecule has 0 aliphatic rings. The highest BCUT2D eigenvalue weighted by Crippen LogP contribution is 2.13. The molecule has 1 aromatic heterocycles. The van der Waals surface area contributed by atoms with E-state index in [0.717, 1.165) is 13.0 Å². The van der Waals surface area contributed by atoms with Crippen LogP contribution in [-0.2, 0) is 0 Å². The Balaban J connectivity index is 2.18. The third kappa shape index (κ3) is 5.59. The molecular weight excluding hydrogens is 302 g/mol. The Morgan fingerprint density at radius 2 is 2.18 bits per heavy atom. The molecule has 0 fully saturated rings. The van der Waals surface area contributed by atoms with E-state index >= 15 is 0 Å². The molecule has 1 rings (SSSR count). The van der Waals surface area contributed by atoms with Gasteiger partial charge in [0, 0.05) is 6.54 Å². The summed E-state index contributed by atoms with van der Waals surface area (Å²) in [5.74, 6) is 1.87. The van der Waals surface area contributed by atoms with E-state index < -0.39 is 0 Å². The zero-order valence-corrected chi connectivity index (χ0v) is 12.4. The molecule has 96 valence electrons. The molecule has 4 nitrogen and oxygen atoms in total. The topological polar surface area (TPSA) is 57.8 Å². The van der Waals surface area contributed by atoms with E-state index in [2.05, 4.69) is 37.5 Å². The Morgan fingerprint density at radius 1 is 1.41 bits per heavy atom. The third-order valence-corrected chi connectivity index (χ3v) is 3.80. The van der Waals surface area contributed by atoms with Crippen LogP contribution in [0.2, 0.25) is 0 Å². The first-order valence-electron chi connectivity index (χ1n) is 5.71. The Bertz CT molecular complexity index is 383. The smallest absolute Gasteiger partial charge is 0.267 e. The average molecular weight is 320 g/mol. The number of aromatic amines is 1. The van der Waals surface area contributed by atoms with Crippen LogP contribution in [0.1, 0.15) is 25.7 Å².